The van der Waals surface area contributed by atoms with Crippen LogP contribution in [0.1, 0.15) is 15.4 Å². The summed E-state index contributed by atoms with van der Waals surface area (Å²) in [4.78, 5) is 25.6. The summed E-state index contributed by atoms with van der Waals surface area (Å²) in [6, 6.07) is 10.4. The molecule has 2 heterocycles. The lowest BCUT2D eigenvalue weighted by atomic mass is 10.2. The van der Waals surface area contributed by atoms with Crippen molar-refractivity contribution in [2.75, 3.05) is 11.9 Å². The smallest absolute Gasteiger partial charge is 0.261 e. The van der Waals surface area contributed by atoms with Gasteiger partial charge in [0.2, 0.25) is 5.91 Å². The van der Waals surface area contributed by atoms with Gasteiger partial charge in [0.1, 0.15) is 4.83 Å². The summed E-state index contributed by atoms with van der Waals surface area (Å²) in [6.45, 7) is 1.30. The van der Waals surface area contributed by atoms with E-state index in [0.29, 0.717) is 32.2 Å². The molecule has 0 saturated carbocycles. The molecule has 11 heteroatoms. The highest BCUT2D eigenvalue weighted by molar-refractivity contribution is 7.20. The van der Waals surface area contributed by atoms with Gasteiger partial charge in [0.25, 0.3) is 5.91 Å². The standard InChI is InChI=1S/C21H14ClF3N4O2S/c1-10-11-8-16(32-21(11)29(28-10)15-5-3-2-4-12(15)22)20(31)26-9-17(30)27-14-7-6-13(23)18(24)19(14)25/h2-8H,9H2,1H3,(H,26,31)(H,27,30). The van der Waals surface area contributed by atoms with Crippen LogP contribution in [-0.2, 0) is 4.79 Å². The number of halogens is 4. The van der Waals surface area contributed by atoms with E-state index < -0.39 is 41.5 Å². The Balaban J connectivity index is 1.49. The number of thiophene rings is 1. The third kappa shape index (κ3) is 4.06. The number of nitrogens with one attached hydrogen (secondary N) is 2. The average molecular weight is 479 g/mol. The number of aromatic nitrogens is 2. The van der Waals surface area contributed by atoms with Crippen molar-refractivity contribution in [3.05, 3.63) is 75.5 Å². The minimum absolute atomic E-state index is 0.327. The van der Waals surface area contributed by atoms with E-state index in [9.17, 15) is 22.8 Å². The summed E-state index contributed by atoms with van der Waals surface area (Å²) in [5.74, 6) is -5.92. The van der Waals surface area contributed by atoms with Crippen LogP contribution >= 0.6 is 22.9 Å². The Morgan fingerprint density at radius 2 is 1.88 bits per heavy atom. The first-order chi connectivity index (χ1) is 15.3. The van der Waals surface area contributed by atoms with Crippen LogP contribution < -0.4 is 10.6 Å². The van der Waals surface area contributed by atoms with E-state index in [1.165, 1.54) is 0 Å². The Hall–Kier alpha value is -3.37. The van der Waals surface area contributed by atoms with E-state index in [1.807, 2.05) is 6.07 Å². The van der Waals surface area contributed by atoms with E-state index in [2.05, 4.69) is 15.7 Å². The SMILES string of the molecule is Cc1nn(-c2ccccc2Cl)c2sc(C(=O)NCC(=O)Nc3ccc(F)c(F)c3F)cc12. The zero-order valence-corrected chi connectivity index (χ0v) is 18.0. The Morgan fingerprint density at radius 3 is 2.62 bits per heavy atom. The summed E-state index contributed by atoms with van der Waals surface area (Å²) in [6.07, 6.45) is 0. The number of amides is 2. The van der Waals surface area contributed by atoms with Crippen LogP contribution in [-0.4, -0.2) is 28.1 Å². The maximum atomic E-state index is 13.7. The molecule has 0 atom stereocenters. The predicted molar refractivity (Wildman–Crippen MR) is 116 cm³/mol. The largest absolute Gasteiger partial charge is 0.342 e. The molecule has 2 aromatic heterocycles. The van der Waals surface area contributed by atoms with E-state index in [0.717, 1.165) is 22.8 Å². The number of aryl methyl sites for hydroxylation is 1. The zero-order chi connectivity index (χ0) is 23.0. The molecule has 2 N–H and O–H groups in total. The quantitative estimate of drug-likeness (QED) is 0.403. The lowest BCUT2D eigenvalue weighted by molar-refractivity contribution is -0.115. The van der Waals surface area contributed by atoms with Crippen LogP contribution in [0.2, 0.25) is 5.02 Å². The third-order valence-corrected chi connectivity index (χ3v) is 6.00. The minimum atomic E-state index is -1.69. The number of nitrogens with zero attached hydrogens (tertiary/aromatic N) is 2. The van der Waals surface area contributed by atoms with Gasteiger partial charge < -0.3 is 10.6 Å². The van der Waals surface area contributed by atoms with Gasteiger partial charge in [0, 0.05) is 5.39 Å². The number of hydrogen-bond donors (Lipinski definition) is 2. The van der Waals surface area contributed by atoms with Gasteiger partial charge in [-0.05, 0) is 37.3 Å². The Labute approximate surface area is 188 Å². The highest BCUT2D eigenvalue weighted by Gasteiger charge is 2.19. The van der Waals surface area contributed by atoms with Gasteiger partial charge in [-0.15, -0.1) is 11.3 Å². The Bertz CT molecular complexity index is 1370. The van der Waals surface area contributed by atoms with E-state index >= 15 is 0 Å². The number of anilines is 1. The summed E-state index contributed by atoms with van der Waals surface area (Å²) in [5.41, 5.74) is 0.830. The summed E-state index contributed by atoms with van der Waals surface area (Å²) >= 11 is 7.43. The second kappa shape index (κ2) is 8.64. The van der Waals surface area contributed by atoms with Crippen LogP contribution in [0.25, 0.3) is 15.9 Å². The number of benzene rings is 2. The minimum Gasteiger partial charge on any atom is -0.342 e. The fourth-order valence-corrected chi connectivity index (χ4v) is 4.32. The molecule has 0 aliphatic carbocycles. The zero-order valence-electron chi connectivity index (χ0n) is 16.4. The number of rotatable bonds is 5. The lowest BCUT2D eigenvalue weighted by Gasteiger charge is -2.08. The highest BCUT2D eigenvalue weighted by Crippen LogP contribution is 2.32. The van der Waals surface area contributed by atoms with Crippen molar-refractivity contribution in [2.24, 2.45) is 0 Å². The number of carbonyl (C=O) groups is 2. The number of fused-ring (bicyclic) bond motifs is 1. The van der Waals surface area contributed by atoms with Gasteiger partial charge in [-0.1, -0.05) is 23.7 Å². The molecule has 0 spiro atoms. The highest BCUT2D eigenvalue weighted by atomic mass is 35.5. The van der Waals surface area contributed by atoms with Gasteiger partial charge in [0.15, 0.2) is 17.5 Å². The molecule has 0 bridgehead atoms. The van der Waals surface area contributed by atoms with Gasteiger partial charge in [-0.3, -0.25) is 9.59 Å². The van der Waals surface area contributed by atoms with Crippen LogP contribution in [0, 0.1) is 24.4 Å². The second-order valence-electron chi connectivity index (χ2n) is 6.73. The normalized spacial score (nSPS) is 11.0. The third-order valence-electron chi connectivity index (χ3n) is 4.57. The molecule has 2 aromatic carbocycles. The fraction of sp³-hybridized carbons (Fsp3) is 0.0952. The lowest BCUT2D eigenvalue weighted by Crippen LogP contribution is -2.32. The van der Waals surface area contributed by atoms with Crippen LogP contribution in [0.5, 0.6) is 0 Å². The molecule has 0 unspecified atom stereocenters. The molecule has 4 aromatic rings. The molecule has 4 rings (SSSR count). The molecule has 6 nitrogen and oxygen atoms in total. The molecule has 32 heavy (non-hydrogen) atoms. The monoisotopic (exact) mass is 478 g/mol. The Kier molecular flexibility index (Phi) is 5.90. The fourth-order valence-electron chi connectivity index (χ4n) is 3.01. The van der Waals surface area contributed by atoms with Crippen molar-refractivity contribution in [1.29, 1.82) is 0 Å². The summed E-state index contributed by atoms with van der Waals surface area (Å²) in [5, 5.41) is 10.2. The first-order valence-electron chi connectivity index (χ1n) is 9.22. The topological polar surface area (TPSA) is 76.0 Å². The molecule has 2 amide bonds. The molecular formula is C21H14ClF3N4O2S. The maximum absolute atomic E-state index is 13.7. The molecule has 0 saturated heterocycles. The molecule has 164 valence electrons. The van der Waals surface area contributed by atoms with Gasteiger partial charge in [0.05, 0.1) is 33.5 Å². The van der Waals surface area contributed by atoms with Crippen molar-refractivity contribution in [3.63, 3.8) is 0 Å². The van der Waals surface area contributed by atoms with Gasteiger partial charge in [-0.2, -0.15) is 5.10 Å². The van der Waals surface area contributed by atoms with E-state index in [1.54, 1.807) is 35.9 Å². The molecule has 0 aliphatic heterocycles. The number of carbonyl (C=O) groups excluding carboxylic acids is 2. The van der Waals surface area contributed by atoms with Crippen molar-refractivity contribution < 1.29 is 22.8 Å². The van der Waals surface area contributed by atoms with Crippen LogP contribution in [0.15, 0.2) is 42.5 Å². The van der Waals surface area contributed by atoms with E-state index in [-0.39, 0.29) is 0 Å². The average Bonchev–Trinajstić information content (AvgIpc) is 3.34. The number of hydrogen-bond acceptors (Lipinski definition) is 4. The first kappa shape index (κ1) is 21.8. The second-order valence-corrected chi connectivity index (χ2v) is 8.17. The predicted octanol–water partition coefficient (Wildman–Crippen LogP) is 4.83. The van der Waals surface area contributed by atoms with Crippen molar-refractivity contribution in [2.45, 2.75) is 6.92 Å². The first-order valence-corrected chi connectivity index (χ1v) is 10.4. The summed E-state index contributed by atoms with van der Waals surface area (Å²) < 4.78 is 41.6. The summed E-state index contributed by atoms with van der Waals surface area (Å²) in [7, 11) is 0. The molecule has 0 aliphatic rings. The Morgan fingerprint density at radius 1 is 1.12 bits per heavy atom. The van der Waals surface area contributed by atoms with Crippen molar-refractivity contribution in [1.82, 2.24) is 15.1 Å². The van der Waals surface area contributed by atoms with Gasteiger partial charge >= 0.3 is 0 Å². The van der Waals surface area contributed by atoms with Crippen molar-refractivity contribution >= 4 is 50.7 Å². The molecule has 0 radical (unpaired) electrons. The van der Waals surface area contributed by atoms with Gasteiger partial charge in [-0.25, -0.2) is 17.9 Å². The van der Waals surface area contributed by atoms with Crippen LogP contribution in [0.3, 0.4) is 0 Å². The van der Waals surface area contributed by atoms with Crippen LogP contribution in [0.4, 0.5) is 18.9 Å². The number of para-hydroxylation sites is 1. The maximum Gasteiger partial charge on any atom is 0.261 e. The van der Waals surface area contributed by atoms with E-state index in [4.69, 9.17) is 11.6 Å². The molecular weight excluding hydrogens is 465 g/mol. The molecule has 0 fully saturated rings. The van der Waals surface area contributed by atoms with Crippen molar-refractivity contribution in [3.8, 4) is 5.69 Å².